The minimum Gasteiger partial charge on any atom is -0.497 e. The second-order valence-electron chi connectivity index (χ2n) is 5.92. The van der Waals surface area contributed by atoms with Gasteiger partial charge in [-0.3, -0.25) is 9.59 Å². The summed E-state index contributed by atoms with van der Waals surface area (Å²) in [5.74, 6) is 0.905. The monoisotopic (exact) mass is 355 g/mol. The summed E-state index contributed by atoms with van der Waals surface area (Å²) in [6.07, 6.45) is 1.57. The molecular weight excluding hydrogens is 334 g/mol. The topological polar surface area (TPSA) is 87.7 Å². The highest BCUT2D eigenvalue weighted by Gasteiger charge is 2.21. The first kappa shape index (κ1) is 17.7. The maximum Gasteiger partial charge on any atom is 0.274 e. The number of methoxy groups -OCH3 is 1. The summed E-state index contributed by atoms with van der Waals surface area (Å²) >= 11 is 0. The van der Waals surface area contributed by atoms with E-state index < -0.39 is 0 Å². The van der Waals surface area contributed by atoms with Crippen LogP contribution >= 0.6 is 0 Å². The van der Waals surface area contributed by atoms with Gasteiger partial charge in [0.15, 0.2) is 0 Å². The van der Waals surface area contributed by atoms with E-state index in [1.807, 2.05) is 4.90 Å². The standard InChI is InChI=1S/C18H21N5O3/c1-13(24)22-8-10-23(11-9-22)18-19-7-6-16(21-18)17(25)20-14-4-3-5-15(12-14)26-2/h3-7,12H,8-11H2,1-2H3,(H,20,25). The Morgan fingerprint density at radius 3 is 2.62 bits per heavy atom. The number of nitrogens with one attached hydrogen (secondary N) is 1. The molecule has 1 aromatic heterocycles. The van der Waals surface area contributed by atoms with Gasteiger partial charge < -0.3 is 19.9 Å². The van der Waals surface area contributed by atoms with Crippen molar-refractivity contribution >= 4 is 23.5 Å². The Morgan fingerprint density at radius 1 is 1.15 bits per heavy atom. The number of hydrogen-bond acceptors (Lipinski definition) is 6. The zero-order valence-corrected chi connectivity index (χ0v) is 14.8. The maximum absolute atomic E-state index is 12.5. The van der Waals surface area contributed by atoms with Crippen molar-refractivity contribution in [3.8, 4) is 5.75 Å². The van der Waals surface area contributed by atoms with Crippen LogP contribution in [0.5, 0.6) is 5.75 Å². The van der Waals surface area contributed by atoms with Crippen molar-refractivity contribution in [1.29, 1.82) is 0 Å². The highest BCUT2D eigenvalue weighted by molar-refractivity contribution is 6.03. The molecule has 1 saturated heterocycles. The first-order valence-corrected chi connectivity index (χ1v) is 8.36. The third-order valence-electron chi connectivity index (χ3n) is 4.21. The number of nitrogens with zero attached hydrogens (tertiary/aromatic N) is 4. The minimum atomic E-state index is -0.315. The highest BCUT2D eigenvalue weighted by atomic mass is 16.5. The van der Waals surface area contributed by atoms with Gasteiger partial charge in [-0.1, -0.05) is 6.07 Å². The molecule has 1 fully saturated rings. The van der Waals surface area contributed by atoms with Crippen LogP contribution in [0.15, 0.2) is 36.5 Å². The van der Waals surface area contributed by atoms with Crippen LogP contribution in [0.3, 0.4) is 0 Å². The van der Waals surface area contributed by atoms with Crippen LogP contribution in [-0.2, 0) is 4.79 Å². The number of benzene rings is 1. The Morgan fingerprint density at radius 2 is 1.92 bits per heavy atom. The normalized spacial score (nSPS) is 14.1. The van der Waals surface area contributed by atoms with Crippen LogP contribution in [0.4, 0.5) is 11.6 Å². The fourth-order valence-corrected chi connectivity index (χ4v) is 2.74. The summed E-state index contributed by atoms with van der Waals surface area (Å²) in [5, 5.41) is 2.80. The number of aromatic nitrogens is 2. The summed E-state index contributed by atoms with van der Waals surface area (Å²) in [4.78, 5) is 36.3. The van der Waals surface area contributed by atoms with E-state index in [2.05, 4.69) is 15.3 Å². The Bertz CT molecular complexity index is 803. The predicted molar refractivity (Wildman–Crippen MR) is 97.4 cm³/mol. The Hall–Kier alpha value is -3.16. The van der Waals surface area contributed by atoms with Gasteiger partial charge in [0, 0.05) is 51.1 Å². The second-order valence-corrected chi connectivity index (χ2v) is 5.92. The average molecular weight is 355 g/mol. The van der Waals surface area contributed by atoms with Gasteiger partial charge in [0.1, 0.15) is 11.4 Å². The molecule has 0 spiro atoms. The van der Waals surface area contributed by atoms with Crippen LogP contribution in [0.1, 0.15) is 17.4 Å². The molecule has 26 heavy (non-hydrogen) atoms. The van der Waals surface area contributed by atoms with Crippen LogP contribution < -0.4 is 15.0 Å². The van der Waals surface area contributed by atoms with E-state index in [-0.39, 0.29) is 17.5 Å². The largest absolute Gasteiger partial charge is 0.497 e. The van der Waals surface area contributed by atoms with Crippen molar-refractivity contribution in [2.24, 2.45) is 0 Å². The summed E-state index contributed by atoms with van der Waals surface area (Å²) in [6, 6.07) is 8.70. The van der Waals surface area contributed by atoms with Crippen molar-refractivity contribution in [2.45, 2.75) is 6.92 Å². The van der Waals surface area contributed by atoms with Gasteiger partial charge in [-0.25, -0.2) is 9.97 Å². The van der Waals surface area contributed by atoms with Crippen LogP contribution in [0.2, 0.25) is 0 Å². The molecule has 1 N–H and O–H groups in total. The molecule has 2 heterocycles. The maximum atomic E-state index is 12.5. The lowest BCUT2D eigenvalue weighted by atomic mass is 10.3. The number of carbonyl (C=O) groups excluding carboxylic acids is 2. The molecule has 0 saturated carbocycles. The lowest BCUT2D eigenvalue weighted by Crippen LogP contribution is -2.48. The molecule has 0 aliphatic carbocycles. The summed E-state index contributed by atoms with van der Waals surface area (Å²) < 4.78 is 5.15. The number of piperazine rings is 1. The molecule has 2 amide bonds. The molecule has 8 heteroatoms. The third kappa shape index (κ3) is 4.08. The number of anilines is 2. The third-order valence-corrected chi connectivity index (χ3v) is 4.21. The van der Waals surface area contributed by atoms with Gasteiger partial charge in [0.25, 0.3) is 5.91 Å². The first-order valence-electron chi connectivity index (χ1n) is 8.36. The predicted octanol–water partition coefficient (Wildman–Crippen LogP) is 1.41. The summed E-state index contributed by atoms with van der Waals surface area (Å²) in [7, 11) is 1.57. The Labute approximate surface area is 151 Å². The molecule has 0 unspecified atom stereocenters. The van der Waals surface area contributed by atoms with Crippen LogP contribution in [-0.4, -0.2) is 60.0 Å². The van der Waals surface area contributed by atoms with Gasteiger partial charge >= 0.3 is 0 Å². The number of carbonyl (C=O) groups is 2. The summed E-state index contributed by atoms with van der Waals surface area (Å²) in [6.45, 7) is 4.09. The second kappa shape index (κ2) is 7.81. The number of amides is 2. The number of rotatable bonds is 4. The van der Waals surface area contributed by atoms with E-state index >= 15 is 0 Å². The number of hydrogen-bond donors (Lipinski definition) is 1. The van der Waals surface area contributed by atoms with Crippen molar-refractivity contribution in [3.63, 3.8) is 0 Å². The summed E-state index contributed by atoms with van der Waals surface area (Å²) in [5.41, 5.74) is 0.913. The van der Waals surface area contributed by atoms with Gasteiger partial charge in [-0.15, -0.1) is 0 Å². The molecule has 1 aromatic carbocycles. The molecule has 8 nitrogen and oxygen atoms in total. The molecule has 1 aliphatic rings. The van der Waals surface area contributed by atoms with Crippen LogP contribution in [0, 0.1) is 0 Å². The van der Waals surface area contributed by atoms with E-state index in [4.69, 9.17) is 4.74 Å². The van der Waals surface area contributed by atoms with E-state index in [0.717, 1.165) is 0 Å². The first-order chi connectivity index (χ1) is 12.6. The SMILES string of the molecule is COc1cccc(NC(=O)c2ccnc(N3CCN(C(C)=O)CC3)n2)c1. The van der Waals surface area contributed by atoms with Gasteiger partial charge in [0.05, 0.1) is 7.11 Å². The molecule has 0 bridgehead atoms. The Kier molecular flexibility index (Phi) is 5.31. The van der Waals surface area contributed by atoms with E-state index in [1.54, 1.807) is 55.5 Å². The molecular formula is C18H21N5O3. The molecule has 0 atom stereocenters. The fraction of sp³-hybridized carbons (Fsp3) is 0.333. The minimum absolute atomic E-state index is 0.0667. The highest BCUT2D eigenvalue weighted by Crippen LogP contribution is 2.18. The quantitative estimate of drug-likeness (QED) is 0.892. The Balaban J connectivity index is 1.68. The van der Waals surface area contributed by atoms with Crippen molar-refractivity contribution < 1.29 is 14.3 Å². The van der Waals surface area contributed by atoms with Crippen molar-refractivity contribution in [3.05, 3.63) is 42.2 Å². The van der Waals surface area contributed by atoms with Crippen molar-refractivity contribution in [2.75, 3.05) is 43.5 Å². The fourth-order valence-electron chi connectivity index (χ4n) is 2.74. The zero-order chi connectivity index (χ0) is 18.5. The lowest BCUT2D eigenvalue weighted by Gasteiger charge is -2.34. The number of ether oxygens (including phenoxy) is 1. The molecule has 2 aromatic rings. The molecule has 1 aliphatic heterocycles. The van der Waals surface area contributed by atoms with Gasteiger partial charge in [0.2, 0.25) is 11.9 Å². The smallest absolute Gasteiger partial charge is 0.274 e. The van der Waals surface area contributed by atoms with E-state index in [9.17, 15) is 9.59 Å². The lowest BCUT2D eigenvalue weighted by molar-refractivity contribution is -0.129. The molecule has 136 valence electrons. The molecule has 0 radical (unpaired) electrons. The van der Waals surface area contributed by atoms with Crippen LogP contribution in [0.25, 0.3) is 0 Å². The van der Waals surface area contributed by atoms with Crippen molar-refractivity contribution in [1.82, 2.24) is 14.9 Å². The average Bonchev–Trinajstić information content (AvgIpc) is 2.68. The van der Waals surface area contributed by atoms with E-state index in [0.29, 0.717) is 43.6 Å². The van der Waals surface area contributed by atoms with Gasteiger partial charge in [-0.05, 0) is 18.2 Å². The molecule has 3 rings (SSSR count). The van der Waals surface area contributed by atoms with E-state index in [1.165, 1.54) is 0 Å². The van der Waals surface area contributed by atoms with Gasteiger partial charge in [-0.2, -0.15) is 0 Å². The zero-order valence-electron chi connectivity index (χ0n) is 14.8.